The van der Waals surface area contributed by atoms with Gasteiger partial charge >= 0.3 is 0 Å². The van der Waals surface area contributed by atoms with Crippen LogP contribution in [0.5, 0.6) is 0 Å². The maximum absolute atomic E-state index is 13.2. The highest BCUT2D eigenvalue weighted by Crippen LogP contribution is 2.38. The van der Waals surface area contributed by atoms with Crippen LogP contribution in [0.15, 0.2) is 83.8 Å². The molecule has 0 saturated carbocycles. The first-order valence-corrected chi connectivity index (χ1v) is 13.9. The molecule has 0 spiro atoms. The summed E-state index contributed by atoms with van der Waals surface area (Å²) < 4.78 is 31.1. The van der Waals surface area contributed by atoms with Crippen molar-refractivity contribution in [3.8, 4) is 11.1 Å². The van der Waals surface area contributed by atoms with E-state index in [-0.39, 0.29) is 16.9 Å². The molecule has 38 heavy (non-hydrogen) atoms. The van der Waals surface area contributed by atoms with Gasteiger partial charge in [0, 0.05) is 40.5 Å². The molecule has 0 saturated heterocycles. The zero-order valence-corrected chi connectivity index (χ0v) is 22.8. The minimum Gasteiger partial charge on any atom is -0.392 e. The maximum Gasteiger partial charge on any atom is 0.261 e. The molecular formula is C30H33N3O4S. The zero-order chi connectivity index (χ0) is 27.7. The van der Waals surface area contributed by atoms with Crippen molar-refractivity contribution in [1.82, 2.24) is 4.57 Å². The lowest BCUT2D eigenvalue weighted by Crippen LogP contribution is -2.15. The van der Waals surface area contributed by atoms with Crippen LogP contribution in [-0.4, -0.2) is 30.1 Å². The van der Waals surface area contributed by atoms with Crippen molar-refractivity contribution in [2.24, 2.45) is 5.73 Å². The van der Waals surface area contributed by atoms with Gasteiger partial charge in [-0.15, -0.1) is 0 Å². The van der Waals surface area contributed by atoms with E-state index in [1.807, 2.05) is 53.1 Å². The van der Waals surface area contributed by atoms with Crippen LogP contribution in [-0.2, 0) is 26.8 Å². The first-order chi connectivity index (χ1) is 17.9. The molecule has 1 amide bonds. The van der Waals surface area contributed by atoms with Gasteiger partial charge in [-0.05, 0) is 59.9 Å². The summed E-state index contributed by atoms with van der Waals surface area (Å²) in [5, 5.41) is 11.0. The van der Waals surface area contributed by atoms with E-state index in [1.165, 1.54) is 6.08 Å². The standard InChI is InChI=1S/C30H33N3O4S/c1-20(34)19-33-26-15-12-23(32-38(36,37)24-13-10-22(11-14-24)30(2,3)4)18-25(26)29(21-8-6-5-7-9-21)27(33)16-17-28(31)35/h5-18,20,32,34H,19H2,1-4H3,(H2,31,35)/b17-16+. The van der Waals surface area contributed by atoms with Crippen molar-refractivity contribution in [1.29, 1.82) is 0 Å². The average molecular weight is 532 g/mol. The Balaban J connectivity index is 1.85. The molecule has 4 rings (SSSR count). The number of hydrogen-bond donors (Lipinski definition) is 3. The number of sulfonamides is 1. The third kappa shape index (κ3) is 5.82. The van der Waals surface area contributed by atoms with Crippen LogP contribution in [0.25, 0.3) is 28.1 Å². The Labute approximate surface area is 223 Å². The summed E-state index contributed by atoms with van der Waals surface area (Å²) in [5.74, 6) is -0.594. The number of carbonyl (C=O) groups excluding carboxylic acids is 1. The predicted molar refractivity (Wildman–Crippen MR) is 153 cm³/mol. The number of aliphatic hydroxyl groups excluding tert-OH is 1. The van der Waals surface area contributed by atoms with Crippen LogP contribution in [0, 0.1) is 0 Å². The fourth-order valence-corrected chi connectivity index (χ4v) is 5.54. The summed E-state index contributed by atoms with van der Waals surface area (Å²) in [6.07, 6.45) is 2.25. The zero-order valence-electron chi connectivity index (χ0n) is 22.0. The maximum atomic E-state index is 13.2. The lowest BCUT2D eigenvalue weighted by atomic mass is 9.87. The highest BCUT2D eigenvalue weighted by Gasteiger charge is 2.21. The Bertz CT molecular complexity index is 1600. The number of aromatic nitrogens is 1. The van der Waals surface area contributed by atoms with E-state index < -0.39 is 22.0 Å². The number of carbonyl (C=O) groups is 1. The molecule has 198 valence electrons. The fourth-order valence-electron chi connectivity index (χ4n) is 4.49. The molecule has 1 heterocycles. The number of amides is 1. The van der Waals surface area contributed by atoms with E-state index in [9.17, 15) is 18.3 Å². The first kappa shape index (κ1) is 27.2. The Kier molecular flexibility index (Phi) is 7.49. The number of fused-ring (bicyclic) bond motifs is 1. The SMILES string of the molecule is CC(O)Cn1c(/C=C/C(N)=O)c(-c2ccccc2)c2cc(NS(=O)(=O)c3ccc(C(C)(C)C)cc3)ccc21. The molecule has 8 heteroatoms. The van der Waals surface area contributed by atoms with Gasteiger partial charge in [-0.2, -0.15) is 0 Å². The molecule has 3 aromatic carbocycles. The van der Waals surface area contributed by atoms with Gasteiger partial charge < -0.3 is 15.4 Å². The van der Waals surface area contributed by atoms with Gasteiger partial charge in [0.05, 0.1) is 11.0 Å². The summed E-state index contributed by atoms with van der Waals surface area (Å²) in [7, 11) is -3.84. The molecule has 0 fully saturated rings. The Morgan fingerprint density at radius 3 is 2.29 bits per heavy atom. The largest absolute Gasteiger partial charge is 0.392 e. The Morgan fingerprint density at radius 2 is 1.71 bits per heavy atom. The molecule has 1 unspecified atom stereocenters. The normalized spacial score (nSPS) is 13.2. The van der Waals surface area contributed by atoms with E-state index in [4.69, 9.17) is 5.73 Å². The van der Waals surface area contributed by atoms with E-state index >= 15 is 0 Å². The molecule has 1 aromatic heterocycles. The molecule has 4 aromatic rings. The molecule has 0 aliphatic heterocycles. The molecule has 7 nitrogen and oxygen atoms in total. The average Bonchev–Trinajstić information content (AvgIpc) is 3.14. The van der Waals surface area contributed by atoms with Crippen LogP contribution in [0.2, 0.25) is 0 Å². The number of benzene rings is 3. The summed E-state index contributed by atoms with van der Waals surface area (Å²) in [4.78, 5) is 11.8. The molecule has 0 bridgehead atoms. The summed E-state index contributed by atoms with van der Waals surface area (Å²) in [5.41, 5.74) is 9.89. The fraction of sp³-hybridized carbons (Fsp3) is 0.233. The van der Waals surface area contributed by atoms with E-state index in [2.05, 4.69) is 25.5 Å². The van der Waals surface area contributed by atoms with Crippen molar-refractivity contribution in [3.05, 3.63) is 90.1 Å². The van der Waals surface area contributed by atoms with Crippen LogP contribution in [0.1, 0.15) is 39.0 Å². The van der Waals surface area contributed by atoms with Crippen molar-refractivity contribution >= 4 is 38.6 Å². The topological polar surface area (TPSA) is 114 Å². The minimum atomic E-state index is -3.84. The third-order valence-corrected chi connectivity index (χ3v) is 7.70. The van der Waals surface area contributed by atoms with Crippen molar-refractivity contribution in [2.45, 2.75) is 50.7 Å². The highest BCUT2D eigenvalue weighted by atomic mass is 32.2. The summed E-state index contributed by atoms with van der Waals surface area (Å²) >= 11 is 0. The second-order valence-electron chi connectivity index (χ2n) is 10.4. The van der Waals surface area contributed by atoms with Gasteiger partial charge in [-0.1, -0.05) is 63.2 Å². The smallest absolute Gasteiger partial charge is 0.261 e. The lowest BCUT2D eigenvalue weighted by Gasteiger charge is -2.19. The van der Waals surface area contributed by atoms with Crippen LogP contribution in [0.4, 0.5) is 5.69 Å². The van der Waals surface area contributed by atoms with Gasteiger partial charge in [0.1, 0.15) is 0 Å². The number of nitrogens with zero attached hydrogens (tertiary/aromatic N) is 1. The molecule has 0 aliphatic rings. The quantitative estimate of drug-likeness (QED) is 0.268. The van der Waals surface area contributed by atoms with Crippen LogP contribution in [0.3, 0.4) is 0 Å². The van der Waals surface area contributed by atoms with Gasteiger partial charge in [0.15, 0.2) is 0 Å². The third-order valence-electron chi connectivity index (χ3n) is 6.30. The number of anilines is 1. The van der Waals surface area contributed by atoms with Crippen molar-refractivity contribution < 1.29 is 18.3 Å². The van der Waals surface area contributed by atoms with Crippen molar-refractivity contribution in [3.63, 3.8) is 0 Å². The minimum absolute atomic E-state index is 0.0888. The van der Waals surface area contributed by atoms with Crippen LogP contribution < -0.4 is 10.5 Å². The highest BCUT2D eigenvalue weighted by molar-refractivity contribution is 7.92. The molecular weight excluding hydrogens is 498 g/mol. The molecule has 4 N–H and O–H groups in total. The summed E-state index contributed by atoms with van der Waals surface area (Å²) in [6.45, 7) is 8.18. The number of aliphatic hydroxyl groups is 1. The Hall–Kier alpha value is -3.88. The van der Waals surface area contributed by atoms with E-state index in [0.717, 1.165) is 27.6 Å². The second-order valence-corrected chi connectivity index (χ2v) is 12.1. The monoisotopic (exact) mass is 531 g/mol. The van der Waals surface area contributed by atoms with Gasteiger partial charge in [-0.25, -0.2) is 8.42 Å². The molecule has 0 radical (unpaired) electrons. The van der Waals surface area contributed by atoms with E-state index in [0.29, 0.717) is 11.4 Å². The van der Waals surface area contributed by atoms with Gasteiger partial charge in [0.2, 0.25) is 5.91 Å². The van der Waals surface area contributed by atoms with Crippen molar-refractivity contribution in [2.75, 3.05) is 4.72 Å². The lowest BCUT2D eigenvalue weighted by molar-refractivity contribution is -0.113. The Morgan fingerprint density at radius 1 is 1.05 bits per heavy atom. The van der Waals surface area contributed by atoms with Gasteiger partial charge in [0.25, 0.3) is 10.0 Å². The summed E-state index contributed by atoms with van der Waals surface area (Å²) in [6, 6.07) is 21.8. The number of rotatable bonds is 8. The molecule has 0 aliphatic carbocycles. The van der Waals surface area contributed by atoms with Gasteiger partial charge in [-0.3, -0.25) is 9.52 Å². The second kappa shape index (κ2) is 10.5. The van der Waals surface area contributed by atoms with E-state index in [1.54, 1.807) is 37.3 Å². The molecule has 1 atom stereocenters. The number of hydrogen-bond acceptors (Lipinski definition) is 4. The number of primary amides is 1. The predicted octanol–water partition coefficient (Wildman–Crippen LogP) is 5.29. The number of nitrogens with two attached hydrogens (primary N) is 1. The first-order valence-electron chi connectivity index (χ1n) is 12.4. The number of nitrogens with one attached hydrogen (secondary N) is 1. The van der Waals surface area contributed by atoms with Crippen LogP contribution >= 0.6 is 0 Å².